The fraction of sp³-hybridized carbons (Fsp3) is 0.529. The molecule has 0 bridgehead atoms. The van der Waals surface area contributed by atoms with Crippen molar-refractivity contribution in [3.63, 3.8) is 0 Å². The van der Waals surface area contributed by atoms with Crippen LogP contribution >= 0.6 is 23.2 Å². The van der Waals surface area contributed by atoms with Gasteiger partial charge in [0, 0.05) is 0 Å². The molecule has 0 aliphatic carbocycles. The largest absolute Gasteiger partial charge is 0.444 e. The topological polar surface area (TPSA) is 111 Å². The van der Waals surface area contributed by atoms with E-state index in [1.165, 1.54) is 18.2 Å². The minimum atomic E-state index is -3.56. The Morgan fingerprint density at radius 1 is 1.26 bits per heavy atom. The second kappa shape index (κ2) is 9.23. The van der Waals surface area contributed by atoms with Crippen LogP contribution < -0.4 is 10.5 Å². The molecule has 0 aliphatic heterocycles. The number of nitrogens with one attached hydrogen (secondary N) is 1. The first kappa shape index (κ1) is 23.7. The monoisotopic (exact) mass is 437 g/mol. The molecule has 0 aliphatic rings. The van der Waals surface area contributed by atoms with E-state index in [-0.39, 0.29) is 27.3 Å². The normalized spacial score (nSPS) is 15.0. The molecule has 1 aromatic carbocycles. The van der Waals surface area contributed by atoms with Crippen LogP contribution in [-0.4, -0.2) is 27.9 Å². The highest BCUT2D eigenvalue weighted by Gasteiger charge is 2.26. The summed E-state index contributed by atoms with van der Waals surface area (Å²) in [7, 11) is -3.56. The molecule has 0 spiro atoms. The molecule has 10 heteroatoms. The second-order valence-corrected chi connectivity index (χ2v) is 10.0. The van der Waals surface area contributed by atoms with Gasteiger partial charge in [-0.3, -0.25) is 4.79 Å². The minimum absolute atomic E-state index is 0.0582. The number of halogens is 2. The lowest BCUT2D eigenvalue weighted by Crippen LogP contribution is -2.44. The van der Waals surface area contributed by atoms with Crippen molar-refractivity contribution in [2.75, 3.05) is 0 Å². The number of amides is 2. The van der Waals surface area contributed by atoms with Crippen molar-refractivity contribution in [2.45, 2.75) is 57.6 Å². The van der Waals surface area contributed by atoms with E-state index in [9.17, 15) is 13.8 Å². The number of benzene rings is 1. The third-order valence-electron chi connectivity index (χ3n) is 3.15. The summed E-state index contributed by atoms with van der Waals surface area (Å²) in [5, 5.41) is 8.62. The van der Waals surface area contributed by atoms with Crippen molar-refractivity contribution in [3.8, 4) is 0 Å². The Morgan fingerprint density at radius 3 is 2.33 bits per heavy atom. The summed E-state index contributed by atoms with van der Waals surface area (Å²) in [6.07, 6.45) is -0.492. The Hall–Kier alpha value is -1.35. The summed E-state index contributed by atoms with van der Waals surface area (Å²) >= 11 is 11.7. The summed E-state index contributed by atoms with van der Waals surface area (Å²) in [6.45, 7) is 8.85. The summed E-state index contributed by atoms with van der Waals surface area (Å²) in [6, 6.07) is 3.07. The first-order valence-corrected chi connectivity index (χ1v) is 10.6. The number of hydrogen-bond acceptors (Lipinski definition) is 4. The van der Waals surface area contributed by atoms with Crippen LogP contribution in [0.5, 0.6) is 0 Å². The molecule has 0 aromatic heterocycles. The standard InChI is InChI=1S/C17H25Cl2N3O4S/c1-10(2)8-14(21-16(24)26-17(3,4)5)15(23)22-27(20,25)11-6-7-12(18)13(19)9-11/h6-7,9-10,14H,8H2,1-5H3,(H,21,24)(H2,20,22,23,25)/t14-,27?/m0/s1. The Morgan fingerprint density at radius 2 is 1.85 bits per heavy atom. The van der Waals surface area contributed by atoms with Gasteiger partial charge in [0.15, 0.2) is 0 Å². The summed E-state index contributed by atoms with van der Waals surface area (Å²) in [5.41, 5.74) is -0.728. The summed E-state index contributed by atoms with van der Waals surface area (Å²) in [5.74, 6) is -0.754. The quantitative estimate of drug-likeness (QED) is 0.719. The molecule has 3 N–H and O–H groups in total. The van der Waals surface area contributed by atoms with Gasteiger partial charge in [0.25, 0.3) is 5.91 Å². The van der Waals surface area contributed by atoms with E-state index in [0.29, 0.717) is 0 Å². The van der Waals surface area contributed by atoms with Gasteiger partial charge in [-0.15, -0.1) is 4.36 Å². The van der Waals surface area contributed by atoms with Crippen molar-refractivity contribution in [1.82, 2.24) is 5.32 Å². The number of hydrogen-bond donors (Lipinski definition) is 2. The maximum Gasteiger partial charge on any atom is 0.408 e. The van der Waals surface area contributed by atoms with Gasteiger partial charge in [0.2, 0.25) is 0 Å². The fourth-order valence-corrected chi connectivity index (χ4v) is 3.46. The zero-order chi connectivity index (χ0) is 21.0. The maximum absolute atomic E-state index is 12.7. The predicted octanol–water partition coefficient (Wildman–Crippen LogP) is 4.16. The lowest BCUT2D eigenvalue weighted by Gasteiger charge is -2.23. The Kier molecular flexibility index (Phi) is 8.10. The van der Waals surface area contributed by atoms with Gasteiger partial charge in [-0.25, -0.2) is 14.1 Å². The molecule has 2 amide bonds. The molecule has 1 unspecified atom stereocenters. The van der Waals surface area contributed by atoms with Crippen molar-refractivity contribution < 1.29 is 18.5 Å². The molecule has 1 aromatic rings. The SMILES string of the molecule is CC(C)C[C@H](NC(=O)OC(C)(C)C)C(=O)N=S(N)(=O)c1ccc(Cl)c(Cl)c1. The highest BCUT2D eigenvalue weighted by molar-refractivity contribution is 7.91. The molecular formula is C17H25Cl2N3O4S. The Labute approximate surface area is 170 Å². The van der Waals surface area contributed by atoms with E-state index in [2.05, 4.69) is 9.68 Å². The predicted molar refractivity (Wildman–Crippen MR) is 107 cm³/mol. The molecular weight excluding hydrogens is 413 g/mol. The molecule has 0 radical (unpaired) electrons. The molecule has 152 valence electrons. The number of alkyl carbamates (subject to hydrolysis) is 1. The zero-order valence-corrected chi connectivity index (χ0v) is 18.2. The van der Waals surface area contributed by atoms with Crippen molar-refractivity contribution >= 4 is 45.1 Å². The van der Waals surface area contributed by atoms with E-state index < -0.39 is 33.6 Å². The first-order chi connectivity index (χ1) is 12.2. The molecule has 27 heavy (non-hydrogen) atoms. The van der Waals surface area contributed by atoms with Crippen LogP contribution in [0.2, 0.25) is 10.0 Å². The van der Waals surface area contributed by atoms with Crippen molar-refractivity contribution in [2.24, 2.45) is 15.4 Å². The van der Waals surface area contributed by atoms with Gasteiger partial charge < -0.3 is 10.1 Å². The fourth-order valence-electron chi connectivity index (χ4n) is 2.05. The van der Waals surface area contributed by atoms with Crippen LogP contribution in [0.25, 0.3) is 0 Å². The average Bonchev–Trinajstić information content (AvgIpc) is 2.46. The molecule has 0 heterocycles. The molecule has 0 saturated heterocycles. The van der Waals surface area contributed by atoms with Crippen LogP contribution in [0.3, 0.4) is 0 Å². The summed E-state index contributed by atoms with van der Waals surface area (Å²) < 4.78 is 21.5. The number of nitrogens with two attached hydrogens (primary N) is 1. The molecule has 1 rings (SSSR count). The van der Waals surface area contributed by atoms with Crippen LogP contribution in [0, 0.1) is 5.92 Å². The number of rotatable bonds is 5. The smallest absolute Gasteiger partial charge is 0.408 e. The lowest BCUT2D eigenvalue weighted by atomic mass is 10.0. The Balaban J connectivity index is 3.13. The average molecular weight is 438 g/mol. The van der Waals surface area contributed by atoms with Gasteiger partial charge in [-0.2, -0.15) is 0 Å². The number of carbonyl (C=O) groups is 2. The number of ether oxygens (including phenoxy) is 1. The zero-order valence-electron chi connectivity index (χ0n) is 15.9. The lowest BCUT2D eigenvalue weighted by molar-refractivity contribution is -0.120. The van der Waals surface area contributed by atoms with Gasteiger partial charge in [-0.1, -0.05) is 37.0 Å². The third kappa shape index (κ3) is 8.04. The van der Waals surface area contributed by atoms with Crippen molar-refractivity contribution in [3.05, 3.63) is 28.2 Å². The van der Waals surface area contributed by atoms with Gasteiger partial charge in [-0.05, 0) is 51.3 Å². The van der Waals surface area contributed by atoms with Crippen molar-refractivity contribution in [1.29, 1.82) is 0 Å². The van der Waals surface area contributed by atoms with Crippen LogP contribution in [-0.2, 0) is 19.4 Å². The minimum Gasteiger partial charge on any atom is -0.444 e. The van der Waals surface area contributed by atoms with Gasteiger partial charge in [0.05, 0.1) is 14.9 Å². The highest BCUT2D eigenvalue weighted by atomic mass is 35.5. The molecule has 7 nitrogen and oxygen atoms in total. The molecule has 0 fully saturated rings. The van der Waals surface area contributed by atoms with E-state index in [4.69, 9.17) is 33.1 Å². The molecule has 2 atom stereocenters. The number of nitrogens with zero attached hydrogens (tertiary/aromatic N) is 1. The van der Waals surface area contributed by atoms with Crippen LogP contribution in [0.1, 0.15) is 41.0 Å². The maximum atomic E-state index is 12.7. The van der Waals surface area contributed by atoms with E-state index >= 15 is 0 Å². The number of carbonyl (C=O) groups excluding carboxylic acids is 2. The third-order valence-corrected chi connectivity index (χ3v) is 5.27. The molecule has 0 saturated carbocycles. The summed E-state index contributed by atoms with van der Waals surface area (Å²) in [4.78, 5) is 24.6. The van der Waals surface area contributed by atoms with Crippen LogP contribution in [0.4, 0.5) is 4.79 Å². The van der Waals surface area contributed by atoms with Gasteiger partial charge in [0.1, 0.15) is 21.6 Å². The van der Waals surface area contributed by atoms with E-state index in [1.54, 1.807) is 20.8 Å². The Bertz CT molecular complexity index is 828. The van der Waals surface area contributed by atoms with Gasteiger partial charge >= 0.3 is 6.09 Å². The van der Waals surface area contributed by atoms with E-state index in [0.717, 1.165) is 0 Å². The van der Waals surface area contributed by atoms with E-state index in [1.807, 2.05) is 13.8 Å². The van der Waals surface area contributed by atoms with Crippen LogP contribution in [0.15, 0.2) is 27.5 Å². The first-order valence-electron chi connectivity index (χ1n) is 8.24. The second-order valence-electron chi connectivity index (χ2n) is 7.40. The highest BCUT2D eigenvalue weighted by Crippen LogP contribution is 2.25.